The lowest BCUT2D eigenvalue weighted by molar-refractivity contribution is 0.289. The molecule has 0 aromatic rings. The van der Waals surface area contributed by atoms with Crippen LogP contribution in [0.5, 0.6) is 0 Å². The van der Waals surface area contributed by atoms with Crippen molar-refractivity contribution in [3.8, 4) is 0 Å². The summed E-state index contributed by atoms with van der Waals surface area (Å²) in [6.07, 6.45) is 14.0. The van der Waals surface area contributed by atoms with Crippen molar-refractivity contribution in [2.45, 2.75) is 57.8 Å². The second kappa shape index (κ2) is 1.84. The van der Waals surface area contributed by atoms with Crippen molar-refractivity contribution < 1.29 is 0 Å². The average molecular weight is 150 g/mol. The van der Waals surface area contributed by atoms with Crippen LogP contribution in [0.2, 0.25) is 0 Å². The predicted octanol–water partition coefficient (Wildman–Crippen LogP) is 3.51. The zero-order valence-corrected chi connectivity index (χ0v) is 7.36. The molecule has 0 bridgehead atoms. The van der Waals surface area contributed by atoms with Crippen molar-refractivity contribution in [3.63, 3.8) is 0 Å². The van der Waals surface area contributed by atoms with E-state index in [9.17, 15) is 0 Å². The Morgan fingerprint density at radius 2 is 0.818 bits per heavy atom. The number of hydrogen-bond donors (Lipinski definition) is 0. The molecule has 4 rings (SSSR count). The summed E-state index contributed by atoms with van der Waals surface area (Å²) in [6, 6.07) is 0. The molecule has 11 heavy (non-hydrogen) atoms. The highest BCUT2D eigenvalue weighted by Crippen LogP contribution is 2.65. The Hall–Kier alpha value is 0. The van der Waals surface area contributed by atoms with E-state index in [-0.39, 0.29) is 0 Å². The molecule has 4 aliphatic rings. The van der Waals surface area contributed by atoms with Crippen LogP contribution in [0, 0.1) is 10.8 Å². The lowest BCUT2D eigenvalue weighted by Gasteiger charge is -2.23. The van der Waals surface area contributed by atoms with Gasteiger partial charge in [-0.1, -0.05) is 6.42 Å². The highest BCUT2D eigenvalue weighted by atomic mass is 14.6. The van der Waals surface area contributed by atoms with Crippen LogP contribution in [-0.4, -0.2) is 0 Å². The monoisotopic (exact) mass is 150 g/mol. The van der Waals surface area contributed by atoms with E-state index in [1.807, 2.05) is 0 Å². The van der Waals surface area contributed by atoms with Gasteiger partial charge in [-0.3, -0.25) is 0 Å². The number of rotatable bonds is 0. The molecule has 0 amide bonds. The lowest BCUT2D eigenvalue weighted by atomic mass is 9.82. The van der Waals surface area contributed by atoms with Gasteiger partial charge in [0, 0.05) is 0 Å². The molecule has 4 saturated carbocycles. The normalized spacial score (nSPS) is 37.1. The van der Waals surface area contributed by atoms with Gasteiger partial charge in [0.25, 0.3) is 0 Å². The number of hydrogen-bond acceptors (Lipinski definition) is 0. The van der Waals surface area contributed by atoms with Gasteiger partial charge in [-0.2, -0.15) is 0 Å². The molecule has 62 valence electrons. The molecule has 0 heterocycles. The van der Waals surface area contributed by atoms with Gasteiger partial charge in [-0.15, -0.1) is 0 Å². The van der Waals surface area contributed by atoms with Gasteiger partial charge >= 0.3 is 0 Å². The zero-order chi connectivity index (χ0) is 7.36. The highest BCUT2D eigenvalue weighted by molar-refractivity contribution is 5.04. The van der Waals surface area contributed by atoms with Crippen LogP contribution >= 0.6 is 0 Å². The molecule has 4 fully saturated rings. The first-order chi connectivity index (χ1) is 5.33. The van der Waals surface area contributed by atoms with Gasteiger partial charge in [0.15, 0.2) is 0 Å². The fourth-order valence-electron chi connectivity index (χ4n) is 2.21. The lowest BCUT2D eigenvalue weighted by Crippen LogP contribution is -2.10. The molecule has 4 aliphatic carbocycles. The Kier molecular flexibility index (Phi) is 1.09. The van der Waals surface area contributed by atoms with Gasteiger partial charge in [0.2, 0.25) is 0 Å². The van der Waals surface area contributed by atoms with Crippen molar-refractivity contribution in [1.29, 1.82) is 0 Å². The third-order valence-corrected chi connectivity index (χ3v) is 4.29. The Morgan fingerprint density at radius 1 is 0.455 bits per heavy atom. The largest absolute Gasteiger partial charge is 0.0522 e. The first-order valence-electron chi connectivity index (χ1n) is 5.33. The van der Waals surface area contributed by atoms with Crippen LogP contribution in [0.3, 0.4) is 0 Å². The molecule has 0 atom stereocenters. The third kappa shape index (κ3) is 1.21. The molecule has 0 saturated heterocycles. The first kappa shape index (κ1) is 6.51. The highest BCUT2D eigenvalue weighted by Gasteiger charge is 2.52. The second-order valence-corrected chi connectivity index (χ2v) is 5.35. The molecule has 0 aliphatic heterocycles. The minimum absolute atomic E-state index is 0.972. The van der Waals surface area contributed by atoms with Crippen LogP contribution in [0.15, 0.2) is 0 Å². The summed E-state index contributed by atoms with van der Waals surface area (Å²) in [7, 11) is 0. The van der Waals surface area contributed by atoms with Crippen LogP contribution < -0.4 is 0 Å². The van der Waals surface area contributed by atoms with E-state index in [2.05, 4.69) is 0 Å². The van der Waals surface area contributed by atoms with E-state index in [4.69, 9.17) is 0 Å². The van der Waals surface area contributed by atoms with E-state index in [0.717, 1.165) is 10.8 Å². The Labute approximate surface area is 69.4 Å². The zero-order valence-electron chi connectivity index (χ0n) is 7.36. The topological polar surface area (TPSA) is 0 Å². The van der Waals surface area contributed by atoms with Gasteiger partial charge in [-0.25, -0.2) is 0 Å². The van der Waals surface area contributed by atoms with Gasteiger partial charge in [0.1, 0.15) is 0 Å². The fourth-order valence-corrected chi connectivity index (χ4v) is 2.21. The standard InChI is InChI=1S/C6H10.C5H8/c1-2-6(3-1)4-5-6;1-2-5(1)3-4-5/h1-5H2;1-4H2. The van der Waals surface area contributed by atoms with Crippen molar-refractivity contribution in [3.05, 3.63) is 0 Å². The van der Waals surface area contributed by atoms with Gasteiger partial charge < -0.3 is 0 Å². The molecule has 0 aromatic heterocycles. The molecule has 0 N–H and O–H groups in total. The van der Waals surface area contributed by atoms with Crippen LogP contribution in [0.25, 0.3) is 0 Å². The van der Waals surface area contributed by atoms with Crippen LogP contribution in [0.1, 0.15) is 57.8 Å². The SMILES string of the molecule is C1CC12CC2.C1CC2(C1)CC2. The van der Waals surface area contributed by atoms with E-state index in [1.165, 1.54) is 6.42 Å². The summed E-state index contributed by atoms with van der Waals surface area (Å²) in [5, 5.41) is 0. The van der Waals surface area contributed by atoms with Crippen molar-refractivity contribution in [2.24, 2.45) is 10.8 Å². The third-order valence-electron chi connectivity index (χ3n) is 4.29. The quantitative estimate of drug-likeness (QED) is 0.495. The van der Waals surface area contributed by atoms with Crippen molar-refractivity contribution in [2.75, 3.05) is 0 Å². The predicted molar refractivity (Wildman–Crippen MR) is 46.4 cm³/mol. The summed E-state index contributed by atoms with van der Waals surface area (Å²) in [6.45, 7) is 0. The van der Waals surface area contributed by atoms with Crippen molar-refractivity contribution in [1.82, 2.24) is 0 Å². The molecule has 0 radical (unpaired) electrons. The van der Waals surface area contributed by atoms with E-state index < -0.39 is 0 Å². The minimum Gasteiger partial charge on any atom is -0.0522 e. The summed E-state index contributed by atoms with van der Waals surface area (Å²) in [5.41, 5.74) is 1.97. The van der Waals surface area contributed by atoms with Crippen LogP contribution in [0.4, 0.5) is 0 Å². The first-order valence-corrected chi connectivity index (χ1v) is 5.33. The average Bonchev–Trinajstić information content (AvgIpc) is 2.82. The summed E-state index contributed by atoms with van der Waals surface area (Å²) < 4.78 is 0. The van der Waals surface area contributed by atoms with E-state index in [0.29, 0.717) is 0 Å². The maximum atomic E-state index is 1.56. The Morgan fingerprint density at radius 3 is 0.818 bits per heavy atom. The van der Waals surface area contributed by atoms with Crippen molar-refractivity contribution >= 4 is 0 Å². The minimum atomic E-state index is 0.972. The molecular formula is C11H18. The van der Waals surface area contributed by atoms with Crippen LogP contribution in [-0.2, 0) is 0 Å². The smallest absolute Gasteiger partial charge is 0.0297 e. The molecule has 0 unspecified atom stereocenters. The fraction of sp³-hybridized carbons (Fsp3) is 1.00. The molecule has 0 heteroatoms. The second-order valence-electron chi connectivity index (χ2n) is 5.35. The van der Waals surface area contributed by atoms with E-state index in [1.54, 1.807) is 51.4 Å². The molecule has 2 spiro atoms. The summed E-state index contributed by atoms with van der Waals surface area (Å²) in [5.74, 6) is 0. The summed E-state index contributed by atoms with van der Waals surface area (Å²) in [4.78, 5) is 0. The molecule has 0 nitrogen and oxygen atoms in total. The van der Waals surface area contributed by atoms with E-state index >= 15 is 0 Å². The maximum absolute atomic E-state index is 1.56. The molecule has 0 aromatic carbocycles. The summed E-state index contributed by atoms with van der Waals surface area (Å²) >= 11 is 0. The van der Waals surface area contributed by atoms with Gasteiger partial charge in [-0.05, 0) is 62.2 Å². The van der Waals surface area contributed by atoms with Gasteiger partial charge in [0.05, 0.1) is 0 Å². The Bertz CT molecular complexity index is 149. The maximum Gasteiger partial charge on any atom is -0.0297 e. The Balaban J connectivity index is 0.0000000780. The molecular weight excluding hydrogens is 132 g/mol.